The summed E-state index contributed by atoms with van der Waals surface area (Å²) in [6, 6.07) is 10.5. The zero-order chi connectivity index (χ0) is 18.6. The molecule has 0 aliphatic heterocycles. The number of nitrogens with zero attached hydrogens (tertiary/aromatic N) is 3. The molecule has 0 unspecified atom stereocenters. The predicted octanol–water partition coefficient (Wildman–Crippen LogP) is 3.47. The summed E-state index contributed by atoms with van der Waals surface area (Å²) < 4.78 is 2.21. The second-order valence-electron chi connectivity index (χ2n) is 6.54. The van der Waals surface area contributed by atoms with Crippen LogP contribution in [0.3, 0.4) is 0 Å². The second-order valence-corrected chi connectivity index (χ2v) is 6.54. The molecule has 0 aliphatic rings. The molecule has 0 spiro atoms. The van der Waals surface area contributed by atoms with Gasteiger partial charge in [-0.1, -0.05) is 57.0 Å². The number of hydrogen-bond acceptors (Lipinski definition) is 2. The van der Waals surface area contributed by atoms with Gasteiger partial charge in [-0.2, -0.15) is 0 Å². The maximum Gasteiger partial charge on any atom is 0.191 e. The van der Waals surface area contributed by atoms with E-state index in [1.54, 1.807) is 0 Å². The molecule has 0 radical (unpaired) electrons. The van der Waals surface area contributed by atoms with Gasteiger partial charge in [0.2, 0.25) is 0 Å². The molecule has 2 rings (SSSR count). The van der Waals surface area contributed by atoms with Crippen LogP contribution in [0.1, 0.15) is 45.0 Å². The first-order valence-corrected chi connectivity index (χ1v) is 9.82. The van der Waals surface area contributed by atoms with Crippen LogP contribution in [-0.2, 0) is 13.0 Å². The zero-order valence-corrected chi connectivity index (χ0v) is 16.4. The number of rotatable bonds is 10. The average Bonchev–Trinajstić information content (AvgIpc) is 3.10. The lowest BCUT2D eigenvalue weighted by Crippen LogP contribution is -2.39. The Morgan fingerprint density at radius 3 is 2.58 bits per heavy atom. The van der Waals surface area contributed by atoms with Gasteiger partial charge in [0.15, 0.2) is 5.96 Å². The molecule has 26 heavy (non-hydrogen) atoms. The van der Waals surface area contributed by atoms with E-state index in [4.69, 9.17) is 4.99 Å². The first-order chi connectivity index (χ1) is 12.8. The van der Waals surface area contributed by atoms with Gasteiger partial charge in [0.1, 0.15) is 5.82 Å². The van der Waals surface area contributed by atoms with Gasteiger partial charge < -0.3 is 15.2 Å². The Labute approximate surface area is 158 Å². The number of aliphatic imine (C=N–C) groups is 1. The number of aromatic nitrogens is 2. The highest BCUT2D eigenvalue weighted by atomic mass is 15.2. The zero-order valence-electron chi connectivity index (χ0n) is 16.4. The van der Waals surface area contributed by atoms with Gasteiger partial charge in [-0.25, -0.2) is 4.98 Å². The van der Waals surface area contributed by atoms with Crippen molar-refractivity contribution < 1.29 is 0 Å². The van der Waals surface area contributed by atoms with Crippen LogP contribution in [0.5, 0.6) is 0 Å². The van der Waals surface area contributed by atoms with E-state index in [1.165, 1.54) is 18.4 Å². The lowest BCUT2D eigenvalue weighted by molar-refractivity contribution is 0.504. The highest BCUT2D eigenvalue weighted by Gasteiger charge is 2.06. The van der Waals surface area contributed by atoms with Crippen LogP contribution in [-0.4, -0.2) is 35.1 Å². The SMILES string of the molecule is CCNC(=NCC(CC)CC)NCCc1nccn1Cc1ccccc1. The molecule has 5 heteroatoms. The maximum absolute atomic E-state index is 4.73. The fourth-order valence-corrected chi connectivity index (χ4v) is 2.89. The van der Waals surface area contributed by atoms with Crippen molar-refractivity contribution in [1.29, 1.82) is 0 Å². The third-order valence-electron chi connectivity index (χ3n) is 4.65. The molecule has 2 N–H and O–H groups in total. The Morgan fingerprint density at radius 2 is 1.88 bits per heavy atom. The summed E-state index contributed by atoms with van der Waals surface area (Å²) in [5.74, 6) is 2.66. The van der Waals surface area contributed by atoms with Crippen molar-refractivity contribution in [3.8, 4) is 0 Å². The Hall–Kier alpha value is -2.30. The molecule has 1 heterocycles. The van der Waals surface area contributed by atoms with Crippen molar-refractivity contribution in [1.82, 2.24) is 20.2 Å². The Bertz CT molecular complexity index is 643. The predicted molar refractivity (Wildman–Crippen MR) is 110 cm³/mol. The summed E-state index contributed by atoms with van der Waals surface area (Å²) in [6.45, 7) is 10.00. The molecule has 0 fully saturated rings. The minimum Gasteiger partial charge on any atom is -0.357 e. The Morgan fingerprint density at radius 1 is 1.12 bits per heavy atom. The number of imidazole rings is 1. The monoisotopic (exact) mass is 355 g/mol. The van der Waals surface area contributed by atoms with Crippen molar-refractivity contribution in [2.24, 2.45) is 10.9 Å². The lowest BCUT2D eigenvalue weighted by Gasteiger charge is -2.14. The molecule has 142 valence electrons. The van der Waals surface area contributed by atoms with Crippen molar-refractivity contribution in [2.75, 3.05) is 19.6 Å². The Balaban J connectivity index is 1.87. The molecule has 0 amide bonds. The summed E-state index contributed by atoms with van der Waals surface area (Å²) in [7, 11) is 0. The fraction of sp³-hybridized carbons (Fsp3) is 0.524. The number of nitrogens with one attached hydrogen (secondary N) is 2. The number of hydrogen-bond donors (Lipinski definition) is 2. The molecule has 5 nitrogen and oxygen atoms in total. The van der Waals surface area contributed by atoms with Crippen molar-refractivity contribution >= 4 is 5.96 Å². The topological polar surface area (TPSA) is 54.2 Å². The first kappa shape index (κ1) is 20.0. The Kier molecular flexibility index (Phi) is 8.73. The minimum absolute atomic E-state index is 0.662. The summed E-state index contributed by atoms with van der Waals surface area (Å²) in [5.41, 5.74) is 1.29. The summed E-state index contributed by atoms with van der Waals surface area (Å²) >= 11 is 0. The number of guanidine groups is 1. The van der Waals surface area contributed by atoms with E-state index in [0.717, 1.165) is 44.4 Å². The van der Waals surface area contributed by atoms with Crippen molar-refractivity contribution in [3.63, 3.8) is 0 Å². The van der Waals surface area contributed by atoms with Gasteiger partial charge in [0.05, 0.1) is 0 Å². The van der Waals surface area contributed by atoms with Crippen LogP contribution in [0, 0.1) is 5.92 Å². The second kappa shape index (κ2) is 11.3. The largest absolute Gasteiger partial charge is 0.357 e. The molecular weight excluding hydrogens is 322 g/mol. The van der Waals surface area contributed by atoms with Crippen LogP contribution >= 0.6 is 0 Å². The highest BCUT2D eigenvalue weighted by Crippen LogP contribution is 2.07. The van der Waals surface area contributed by atoms with Gasteiger partial charge in [-0.3, -0.25) is 4.99 Å². The number of benzene rings is 1. The third kappa shape index (κ3) is 6.54. The van der Waals surface area contributed by atoms with Crippen molar-refractivity contribution in [2.45, 2.75) is 46.6 Å². The molecule has 0 atom stereocenters. The van der Waals surface area contributed by atoms with E-state index in [9.17, 15) is 0 Å². The molecule has 1 aromatic carbocycles. The molecule has 2 aromatic rings. The maximum atomic E-state index is 4.73. The summed E-state index contributed by atoms with van der Waals surface area (Å²) in [6.07, 6.45) is 7.15. The quantitative estimate of drug-likeness (QED) is 0.507. The smallest absolute Gasteiger partial charge is 0.191 e. The fourth-order valence-electron chi connectivity index (χ4n) is 2.89. The normalized spacial score (nSPS) is 11.8. The van der Waals surface area contributed by atoms with Gasteiger partial charge in [0.25, 0.3) is 0 Å². The van der Waals surface area contributed by atoms with Gasteiger partial charge in [-0.15, -0.1) is 0 Å². The first-order valence-electron chi connectivity index (χ1n) is 9.82. The van der Waals surface area contributed by atoms with Gasteiger partial charge in [-0.05, 0) is 18.4 Å². The van der Waals surface area contributed by atoms with Gasteiger partial charge >= 0.3 is 0 Å². The van der Waals surface area contributed by atoms with Crippen LogP contribution in [0.25, 0.3) is 0 Å². The molecule has 0 bridgehead atoms. The molecule has 1 aromatic heterocycles. The van der Waals surface area contributed by atoms with E-state index < -0.39 is 0 Å². The minimum atomic E-state index is 0.662. The van der Waals surface area contributed by atoms with Gasteiger partial charge in [0, 0.05) is 45.0 Å². The average molecular weight is 356 g/mol. The third-order valence-corrected chi connectivity index (χ3v) is 4.65. The molecular formula is C21H33N5. The highest BCUT2D eigenvalue weighted by molar-refractivity contribution is 5.79. The lowest BCUT2D eigenvalue weighted by atomic mass is 10.0. The van der Waals surface area contributed by atoms with E-state index in [1.807, 2.05) is 12.3 Å². The van der Waals surface area contributed by atoms with Crippen molar-refractivity contribution in [3.05, 3.63) is 54.1 Å². The molecule has 0 saturated heterocycles. The van der Waals surface area contributed by atoms with Crippen LogP contribution in [0.2, 0.25) is 0 Å². The summed E-state index contributed by atoms with van der Waals surface area (Å²) in [5, 5.41) is 6.77. The van der Waals surface area contributed by atoms with E-state index >= 15 is 0 Å². The molecule has 0 saturated carbocycles. The van der Waals surface area contributed by atoms with E-state index in [-0.39, 0.29) is 0 Å². The van der Waals surface area contributed by atoms with Crippen LogP contribution < -0.4 is 10.6 Å². The molecule has 0 aliphatic carbocycles. The summed E-state index contributed by atoms with van der Waals surface area (Å²) in [4.78, 5) is 9.25. The van der Waals surface area contributed by atoms with E-state index in [2.05, 4.69) is 71.4 Å². The van der Waals surface area contributed by atoms with Crippen LogP contribution in [0.15, 0.2) is 47.7 Å². The standard InChI is InChI=1S/C21H33N5/c1-4-18(5-2)16-25-21(22-6-3)24-13-12-20-23-14-15-26(20)17-19-10-8-7-9-11-19/h7-11,14-15,18H,4-6,12-13,16-17H2,1-3H3,(H2,22,24,25). The van der Waals surface area contributed by atoms with Crippen LogP contribution in [0.4, 0.5) is 0 Å². The van der Waals surface area contributed by atoms with E-state index in [0.29, 0.717) is 5.92 Å².